The number of hydrogen-bond acceptors (Lipinski definition) is 3. The van der Waals surface area contributed by atoms with Crippen LogP contribution in [0.5, 0.6) is 0 Å². The largest absolute Gasteiger partial charge is 0.449 e. The van der Waals surface area contributed by atoms with Crippen LogP contribution in [-0.2, 0) is 4.74 Å². The first-order valence-corrected chi connectivity index (χ1v) is 6.64. The molecule has 0 bridgehead atoms. The predicted molar refractivity (Wildman–Crippen MR) is 71.6 cm³/mol. The van der Waals surface area contributed by atoms with Crippen LogP contribution in [0.2, 0.25) is 0 Å². The van der Waals surface area contributed by atoms with Gasteiger partial charge in [0.25, 0.3) is 0 Å². The quantitative estimate of drug-likeness (QED) is 0.881. The molecule has 1 amide bonds. The molecule has 1 aliphatic rings. The summed E-state index contributed by atoms with van der Waals surface area (Å²) < 4.78 is 18.0. The van der Waals surface area contributed by atoms with Crippen LogP contribution in [0.4, 0.5) is 14.9 Å². The first-order chi connectivity index (χ1) is 9.24. The number of piperidine rings is 1. The fraction of sp³-hybridized carbons (Fsp3) is 0.500. The third kappa shape index (κ3) is 4.87. The molecule has 1 aromatic rings. The number of carbonyl (C=O) groups is 1. The molecule has 104 valence electrons. The molecule has 1 fully saturated rings. The maximum atomic E-state index is 12.9. The highest BCUT2D eigenvalue weighted by atomic mass is 19.1. The van der Waals surface area contributed by atoms with Gasteiger partial charge in [-0.15, -0.1) is 0 Å². The smallest absolute Gasteiger partial charge is 0.411 e. The highest BCUT2D eigenvalue weighted by Crippen LogP contribution is 2.14. The first kappa shape index (κ1) is 13.8. The van der Waals surface area contributed by atoms with Crippen molar-refractivity contribution in [2.24, 2.45) is 5.92 Å². The Morgan fingerprint density at radius 3 is 3.16 bits per heavy atom. The maximum Gasteiger partial charge on any atom is 0.411 e. The number of benzene rings is 1. The fourth-order valence-electron chi connectivity index (χ4n) is 2.21. The van der Waals surface area contributed by atoms with Gasteiger partial charge in [-0.05, 0) is 56.5 Å². The monoisotopic (exact) mass is 266 g/mol. The molecule has 1 atom stereocenters. The van der Waals surface area contributed by atoms with Gasteiger partial charge >= 0.3 is 6.09 Å². The van der Waals surface area contributed by atoms with Gasteiger partial charge in [-0.3, -0.25) is 5.32 Å². The summed E-state index contributed by atoms with van der Waals surface area (Å²) in [5.74, 6) is 0.196. The van der Waals surface area contributed by atoms with E-state index in [2.05, 4.69) is 10.6 Å². The molecular formula is C14H19FN2O2. The highest BCUT2D eigenvalue weighted by molar-refractivity contribution is 5.84. The SMILES string of the molecule is O=C(Nc1cccc(F)c1)OCCC1CCCNC1. The summed E-state index contributed by atoms with van der Waals surface area (Å²) in [6.45, 7) is 2.47. The van der Waals surface area contributed by atoms with E-state index in [9.17, 15) is 9.18 Å². The van der Waals surface area contributed by atoms with Crippen LogP contribution >= 0.6 is 0 Å². The van der Waals surface area contributed by atoms with Gasteiger partial charge < -0.3 is 10.1 Å². The predicted octanol–water partition coefficient (Wildman–Crippen LogP) is 2.76. The first-order valence-electron chi connectivity index (χ1n) is 6.64. The molecule has 1 aliphatic heterocycles. The summed E-state index contributed by atoms with van der Waals surface area (Å²) in [7, 11) is 0. The van der Waals surface area contributed by atoms with E-state index in [1.54, 1.807) is 12.1 Å². The summed E-state index contributed by atoms with van der Waals surface area (Å²) >= 11 is 0. The third-order valence-electron chi connectivity index (χ3n) is 3.23. The van der Waals surface area contributed by atoms with E-state index in [1.807, 2.05) is 0 Å². The van der Waals surface area contributed by atoms with Crippen molar-refractivity contribution in [3.05, 3.63) is 30.1 Å². The lowest BCUT2D eigenvalue weighted by atomic mass is 9.97. The number of hydrogen-bond donors (Lipinski definition) is 2. The molecule has 2 rings (SSSR count). The Morgan fingerprint density at radius 1 is 1.53 bits per heavy atom. The van der Waals surface area contributed by atoms with Gasteiger partial charge in [0, 0.05) is 5.69 Å². The zero-order valence-electron chi connectivity index (χ0n) is 10.8. The number of nitrogens with one attached hydrogen (secondary N) is 2. The molecule has 0 saturated carbocycles. The second-order valence-corrected chi connectivity index (χ2v) is 4.77. The zero-order chi connectivity index (χ0) is 13.5. The number of anilines is 1. The summed E-state index contributed by atoms with van der Waals surface area (Å²) in [6, 6.07) is 5.74. The average molecular weight is 266 g/mol. The number of carbonyl (C=O) groups excluding carboxylic acids is 1. The van der Waals surface area contributed by atoms with Gasteiger partial charge in [0.15, 0.2) is 0 Å². The van der Waals surface area contributed by atoms with E-state index in [0.29, 0.717) is 18.2 Å². The summed E-state index contributed by atoms with van der Waals surface area (Å²) in [4.78, 5) is 11.5. The van der Waals surface area contributed by atoms with Crippen molar-refractivity contribution in [3.63, 3.8) is 0 Å². The topological polar surface area (TPSA) is 50.4 Å². The second-order valence-electron chi connectivity index (χ2n) is 4.77. The van der Waals surface area contributed by atoms with Crippen LogP contribution in [0.15, 0.2) is 24.3 Å². The van der Waals surface area contributed by atoms with Gasteiger partial charge in [-0.2, -0.15) is 0 Å². The minimum Gasteiger partial charge on any atom is -0.449 e. The highest BCUT2D eigenvalue weighted by Gasteiger charge is 2.13. The van der Waals surface area contributed by atoms with Crippen LogP contribution in [0.3, 0.4) is 0 Å². The normalized spacial score (nSPS) is 18.9. The van der Waals surface area contributed by atoms with Crippen molar-refractivity contribution in [3.8, 4) is 0 Å². The van der Waals surface area contributed by atoms with Crippen LogP contribution in [0.25, 0.3) is 0 Å². The van der Waals surface area contributed by atoms with Crippen molar-refractivity contribution in [1.82, 2.24) is 5.32 Å². The lowest BCUT2D eigenvalue weighted by Crippen LogP contribution is -2.30. The molecule has 1 unspecified atom stereocenters. The molecule has 0 spiro atoms. The molecule has 0 aromatic heterocycles. The number of halogens is 1. The van der Waals surface area contributed by atoms with Crippen molar-refractivity contribution in [2.45, 2.75) is 19.3 Å². The Hall–Kier alpha value is -1.62. The van der Waals surface area contributed by atoms with Crippen LogP contribution in [0.1, 0.15) is 19.3 Å². The Kier molecular flexibility index (Phi) is 5.15. The summed E-state index contributed by atoms with van der Waals surface area (Å²) in [5, 5.41) is 5.82. The summed E-state index contributed by atoms with van der Waals surface area (Å²) in [6.07, 6.45) is 2.69. The van der Waals surface area contributed by atoms with Gasteiger partial charge in [-0.1, -0.05) is 6.07 Å². The van der Waals surface area contributed by atoms with Crippen LogP contribution in [0, 0.1) is 11.7 Å². The molecular weight excluding hydrogens is 247 g/mol. The number of ether oxygens (including phenoxy) is 1. The van der Waals surface area contributed by atoms with Gasteiger partial charge in [-0.25, -0.2) is 9.18 Å². The summed E-state index contributed by atoms with van der Waals surface area (Å²) in [5.41, 5.74) is 0.407. The molecule has 1 saturated heterocycles. The van der Waals surface area contributed by atoms with E-state index in [0.717, 1.165) is 19.5 Å². The van der Waals surface area contributed by atoms with E-state index in [-0.39, 0.29) is 5.82 Å². The van der Waals surface area contributed by atoms with E-state index >= 15 is 0 Å². The lowest BCUT2D eigenvalue weighted by Gasteiger charge is -2.22. The minimum absolute atomic E-state index is 0.383. The third-order valence-corrected chi connectivity index (χ3v) is 3.23. The molecule has 5 heteroatoms. The molecule has 1 aromatic carbocycles. The van der Waals surface area contributed by atoms with Gasteiger partial charge in [0.1, 0.15) is 5.82 Å². The maximum absolute atomic E-state index is 12.9. The van der Waals surface area contributed by atoms with Gasteiger partial charge in [0.2, 0.25) is 0 Å². The number of rotatable bonds is 4. The molecule has 0 aliphatic carbocycles. The van der Waals surface area contributed by atoms with Crippen LogP contribution < -0.4 is 10.6 Å². The molecule has 4 nitrogen and oxygen atoms in total. The standard InChI is InChI=1S/C14H19FN2O2/c15-12-4-1-5-13(9-12)17-14(18)19-8-6-11-3-2-7-16-10-11/h1,4-5,9,11,16H,2-3,6-8,10H2,(H,17,18). The van der Waals surface area contributed by atoms with Crippen molar-refractivity contribution in [2.75, 3.05) is 25.0 Å². The Bertz CT molecular complexity index is 420. The van der Waals surface area contributed by atoms with E-state index < -0.39 is 6.09 Å². The molecule has 1 heterocycles. The van der Waals surface area contributed by atoms with Crippen molar-refractivity contribution >= 4 is 11.8 Å². The Balaban J connectivity index is 1.67. The van der Waals surface area contributed by atoms with Crippen LogP contribution in [-0.4, -0.2) is 25.8 Å². The zero-order valence-corrected chi connectivity index (χ0v) is 10.8. The van der Waals surface area contributed by atoms with Crippen molar-refractivity contribution < 1.29 is 13.9 Å². The molecule has 2 N–H and O–H groups in total. The average Bonchev–Trinajstić information content (AvgIpc) is 2.40. The fourth-order valence-corrected chi connectivity index (χ4v) is 2.21. The number of amides is 1. The van der Waals surface area contributed by atoms with E-state index in [1.165, 1.54) is 25.0 Å². The Morgan fingerprint density at radius 2 is 2.42 bits per heavy atom. The van der Waals surface area contributed by atoms with E-state index in [4.69, 9.17) is 4.74 Å². The van der Waals surface area contributed by atoms with Gasteiger partial charge in [0.05, 0.1) is 6.61 Å². The Labute approximate surface area is 112 Å². The second kappa shape index (κ2) is 7.09. The van der Waals surface area contributed by atoms with Crippen molar-refractivity contribution in [1.29, 1.82) is 0 Å². The molecule has 19 heavy (non-hydrogen) atoms. The lowest BCUT2D eigenvalue weighted by molar-refractivity contribution is 0.150. The minimum atomic E-state index is -0.533. The molecule has 0 radical (unpaired) electrons.